The smallest absolute Gasteiger partial charge is 0.336 e. The van der Waals surface area contributed by atoms with Gasteiger partial charge in [0.25, 0.3) is 0 Å². The summed E-state index contributed by atoms with van der Waals surface area (Å²) in [7, 11) is 0. The molecule has 0 aliphatic heterocycles. The molecule has 0 radical (unpaired) electrons. The Morgan fingerprint density at radius 1 is 0.759 bits per heavy atom. The summed E-state index contributed by atoms with van der Waals surface area (Å²) in [5, 5.41) is 43.2. The molecule has 0 heterocycles. The summed E-state index contributed by atoms with van der Waals surface area (Å²) in [6.45, 7) is 3.22. The fourth-order valence-corrected chi connectivity index (χ4v) is 1.97. The van der Waals surface area contributed by atoms with Crippen molar-refractivity contribution >= 4 is 36.3 Å². The fourth-order valence-electron chi connectivity index (χ4n) is 1.97. The van der Waals surface area contributed by atoms with Crippen LogP contribution < -0.4 is 0 Å². The number of aliphatic imine (C=N–C) groups is 1. The Balaban J connectivity index is 0.000000523. The second-order valence-electron chi connectivity index (χ2n) is 4.98. The maximum absolute atomic E-state index is 10.7. The number of aromatic carboxylic acids is 4. The van der Waals surface area contributed by atoms with E-state index in [-0.39, 0.29) is 54.0 Å². The Hall–Kier alpha value is -3.64. The van der Waals surface area contributed by atoms with Gasteiger partial charge in [-0.1, -0.05) is 0 Å². The summed E-state index contributed by atoms with van der Waals surface area (Å²) in [5.74, 6) is -5.27. The van der Waals surface area contributed by atoms with Gasteiger partial charge < -0.3 is 20.4 Å². The number of nitrogens with zero attached hydrogens (tertiary/aromatic N) is 2. The van der Waals surface area contributed by atoms with Crippen molar-refractivity contribution in [2.45, 2.75) is 0 Å². The molecule has 2 rings (SSSR count). The normalized spacial score (nSPS) is 8.93. The molecule has 2 aromatic rings. The summed E-state index contributed by atoms with van der Waals surface area (Å²) in [6, 6.07) is 8.87. The molecule has 0 aromatic heterocycles. The Bertz CT molecular complexity index is 1030. The quantitative estimate of drug-likeness (QED) is 0.471. The minimum absolute atomic E-state index is 0. The molecule has 0 fully saturated rings. The van der Waals surface area contributed by atoms with Crippen molar-refractivity contribution < 1.29 is 65.8 Å². The Morgan fingerprint density at radius 3 is 1.55 bits per heavy atom. The van der Waals surface area contributed by atoms with E-state index in [4.69, 9.17) is 25.7 Å². The first-order chi connectivity index (χ1) is 13.1. The molecule has 4 N–H and O–H groups in total. The predicted molar refractivity (Wildman–Crippen MR) is 94.6 cm³/mol. The van der Waals surface area contributed by atoms with Crippen LogP contribution in [0.5, 0.6) is 0 Å². The maximum atomic E-state index is 10.7. The second kappa shape index (κ2) is 11.3. The van der Waals surface area contributed by atoms with Crippen LogP contribution in [0.4, 0.5) is 5.69 Å². The van der Waals surface area contributed by atoms with Crippen LogP contribution in [-0.2, 0) is 26.2 Å². The van der Waals surface area contributed by atoms with E-state index in [1.807, 2.05) is 0 Å². The van der Waals surface area contributed by atoms with Crippen molar-refractivity contribution in [1.29, 1.82) is 5.26 Å². The van der Waals surface area contributed by atoms with Gasteiger partial charge in [-0.15, -0.1) is 0 Å². The van der Waals surface area contributed by atoms with Crippen molar-refractivity contribution in [2.24, 2.45) is 4.99 Å². The van der Waals surface area contributed by atoms with Crippen molar-refractivity contribution in [2.75, 3.05) is 0 Å². The molecule has 0 saturated heterocycles. The van der Waals surface area contributed by atoms with E-state index in [0.717, 1.165) is 12.1 Å². The molecule has 0 bridgehead atoms. The van der Waals surface area contributed by atoms with Gasteiger partial charge in [-0.2, -0.15) is 5.26 Å². The van der Waals surface area contributed by atoms with Crippen LogP contribution in [-0.4, -0.2) is 51.0 Å². The average molecular weight is 476 g/mol. The van der Waals surface area contributed by atoms with Gasteiger partial charge in [0.1, 0.15) is 0 Å². The number of hydrogen-bond donors (Lipinski definition) is 4. The molecule has 0 atom stereocenters. The summed E-state index contributed by atoms with van der Waals surface area (Å²) >= 11 is 0. The summed E-state index contributed by atoms with van der Waals surface area (Å²) in [4.78, 5) is 46.0. The predicted octanol–water partition coefficient (Wildman–Crippen LogP) is 2.37. The van der Waals surface area contributed by atoms with Crippen LogP contribution in [0.25, 0.3) is 0 Å². The van der Waals surface area contributed by atoms with E-state index in [0.29, 0.717) is 5.69 Å². The molecule has 10 nitrogen and oxygen atoms in total. The van der Waals surface area contributed by atoms with Crippen LogP contribution in [0, 0.1) is 11.3 Å². The van der Waals surface area contributed by atoms with Crippen LogP contribution in [0.2, 0.25) is 0 Å². The molecule has 146 valence electrons. The SMILES string of the molecule is C=Nc1ccc(C(=O)O)c(C(=O)O)c1.N#Cc1ccc(C(=O)O)c(C(=O)O)c1.[Zr]. The van der Waals surface area contributed by atoms with Crippen LogP contribution >= 0.6 is 0 Å². The largest absolute Gasteiger partial charge is 0.478 e. The summed E-state index contributed by atoms with van der Waals surface area (Å²) in [6.07, 6.45) is 0. The van der Waals surface area contributed by atoms with E-state index < -0.39 is 23.9 Å². The van der Waals surface area contributed by atoms with E-state index in [2.05, 4.69) is 11.7 Å². The zero-order valence-electron chi connectivity index (χ0n) is 14.5. The monoisotopic (exact) mass is 474 g/mol. The van der Waals surface area contributed by atoms with Gasteiger partial charge in [-0.05, 0) is 43.1 Å². The Labute approximate surface area is 182 Å². The third-order valence-electron chi connectivity index (χ3n) is 3.26. The van der Waals surface area contributed by atoms with E-state index >= 15 is 0 Å². The molecule has 11 heteroatoms. The number of carboxylic acid groups (broad SMARTS) is 4. The van der Waals surface area contributed by atoms with Gasteiger partial charge in [0.05, 0.1) is 39.6 Å². The van der Waals surface area contributed by atoms with Gasteiger partial charge in [0.2, 0.25) is 0 Å². The Kier molecular flexibility index (Phi) is 9.85. The molecule has 0 amide bonds. The van der Waals surface area contributed by atoms with Crippen LogP contribution in [0.15, 0.2) is 41.4 Å². The summed E-state index contributed by atoms with van der Waals surface area (Å²) < 4.78 is 0. The number of hydrogen-bond acceptors (Lipinski definition) is 6. The van der Waals surface area contributed by atoms with Gasteiger partial charge >= 0.3 is 23.9 Å². The van der Waals surface area contributed by atoms with Crippen molar-refractivity contribution in [3.63, 3.8) is 0 Å². The molecule has 29 heavy (non-hydrogen) atoms. The van der Waals surface area contributed by atoms with Gasteiger partial charge in [-0.25, -0.2) is 19.2 Å². The van der Waals surface area contributed by atoms with Crippen LogP contribution in [0.3, 0.4) is 0 Å². The van der Waals surface area contributed by atoms with E-state index in [1.165, 1.54) is 24.3 Å². The maximum Gasteiger partial charge on any atom is 0.336 e. The number of rotatable bonds is 5. The average Bonchev–Trinajstić information content (AvgIpc) is 2.67. The first-order valence-corrected chi connectivity index (χ1v) is 7.20. The van der Waals surface area contributed by atoms with E-state index in [9.17, 15) is 19.2 Å². The van der Waals surface area contributed by atoms with Gasteiger partial charge in [0.15, 0.2) is 0 Å². The first-order valence-electron chi connectivity index (χ1n) is 7.20. The number of carbonyl (C=O) groups is 4. The zero-order valence-corrected chi connectivity index (χ0v) is 16.9. The molecule has 0 saturated carbocycles. The molecule has 0 unspecified atom stereocenters. The van der Waals surface area contributed by atoms with Gasteiger partial charge in [0, 0.05) is 26.2 Å². The standard InChI is InChI=1S/C9H7NO4.C9H5NO4.Zr/c1-10-5-2-3-6(8(11)12)7(4-5)9(13)14;10-4-5-1-2-6(8(11)12)7(3-5)9(13)14;/h2-4H,1H2,(H,11,12)(H,13,14);1-3H,(H,11,12)(H,13,14);. The second-order valence-corrected chi connectivity index (χ2v) is 4.98. The van der Waals surface area contributed by atoms with Crippen molar-refractivity contribution in [3.8, 4) is 6.07 Å². The van der Waals surface area contributed by atoms with E-state index in [1.54, 1.807) is 6.07 Å². The van der Waals surface area contributed by atoms with Gasteiger partial charge in [-0.3, -0.25) is 4.99 Å². The topological polar surface area (TPSA) is 185 Å². The fraction of sp³-hybridized carbons (Fsp3) is 0. The molecule has 0 aliphatic carbocycles. The molecule has 2 aromatic carbocycles. The first kappa shape index (κ1) is 25.4. The van der Waals surface area contributed by atoms with Crippen molar-refractivity contribution in [1.82, 2.24) is 0 Å². The third-order valence-corrected chi connectivity index (χ3v) is 3.26. The molecular weight excluding hydrogens is 463 g/mol. The molecular formula is C18H12N2O8Zr. The number of benzene rings is 2. The minimum atomic E-state index is -1.36. The summed E-state index contributed by atoms with van der Waals surface area (Å²) in [5.41, 5.74) is -0.805. The zero-order chi connectivity index (χ0) is 21.4. The molecule has 0 spiro atoms. The number of carboxylic acids is 4. The Morgan fingerprint density at radius 2 is 1.17 bits per heavy atom. The van der Waals surface area contributed by atoms with Crippen LogP contribution in [0.1, 0.15) is 47.0 Å². The third kappa shape index (κ3) is 6.79. The molecule has 0 aliphatic rings. The number of nitriles is 1. The van der Waals surface area contributed by atoms with Crippen molar-refractivity contribution in [3.05, 3.63) is 64.2 Å². The minimum Gasteiger partial charge on any atom is -0.478 e.